The van der Waals surface area contributed by atoms with Crippen molar-refractivity contribution in [2.75, 3.05) is 17.2 Å². The molecular formula is C16H18N4O3. The molecule has 1 aliphatic rings. The van der Waals surface area contributed by atoms with E-state index in [0.717, 1.165) is 12.8 Å². The molecule has 1 saturated carbocycles. The Morgan fingerprint density at radius 2 is 2.00 bits per heavy atom. The number of nitrogens with one attached hydrogen (secondary N) is 2. The first-order chi connectivity index (χ1) is 11.1. The Kier molecular flexibility index (Phi) is 4.27. The Morgan fingerprint density at radius 1 is 1.26 bits per heavy atom. The zero-order valence-electron chi connectivity index (χ0n) is 12.8. The lowest BCUT2D eigenvalue weighted by atomic mass is 10.3. The first-order valence-corrected chi connectivity index (χ1v) is 7.47. The largest absolute Gasteiger partial charge is 0.360 e. The first-order valence-electron chi connectivity index (χ1n) is 7.47. The highest BCUT2D eigenvalue weighted by molar-refractivity contribution is 5.96. The molecule has 7 heteroatoms. The van der Waals surface area contributed by atoms with Crippen LogP contribution in [0.3, 0.4) is 0 Å². The standard InChI is InChI=1S/C16H18N4O3/c1-11-9-14(19-23-11)18-15(21)10-20(13-7-8-13)16(22)17-12-5-3-2-4-6-12/h2-6,9,13H,7-8,10H2,1H3,(H,17,22)(H,18,19,21). The van der Waals surface area contributed by atoms with Gasteiger partial charge in [-0.2, -0.15) is 0 Å². The number of nitrogens with zero attached hydrogens (tertiary/aromatic N) is 2. The molecule has 0 spiro atoms. The minimum Gasteiger partial charge on any atom is -0.360 e. The van der Waals surface area contributed by atoms with Gasteiger partial charge >= 0.3 is 6.03 Å². The highest BCUT2D eigenvalue weighted by Crippen LogP contribution is 2.27. The molecule has 7 nitrogen and oxygen atoms in total. The second-order valence-electron chi connectivity index (χ2n) is 5.53. The number of carbonyl (C=O) groups is 2. The smallest absolute Gasteiger partial charge is 0.322 e. The maximum atomic E-state index is 12.4. The molecule has 0 radical (unpaired) electrons. The number of hydrogen-bond donors (Lipinski definition) is 2. The number of hydrogen-bond acceptors (Lipinski definition) is 4. The zero-order chi connectivity index (χ0) is 16.2. The molecule has 0 aliphatic heterocycles. The van der Waals surface area contributed by atoms with E-state index in [1.54, 1.807) is 30.0 Å². The number of aryl methyl sites for hydroxylation is 1. The number of rotatable bonds is 5. The predicted molar refractivity (Wildman–Crippen MR) is 85.1 cm³/mol. The second-order valence-corrected chi connectivity index (χ2v) is 5.53. The molecule has 3 rings (SSSR count). The highest BCUT2D eigenvalue weighted by Gasteiger charge is 2.34. The Hall–Kier alpha value is -2.83. The fourth-order valence-corrected chi connectivity index (χ4v) is 2.23. The van der Waals surface area contributed by atoms with Gasteiger partial charge in [-0.3, -0.25) is 4.79 Å². The zero-order valence-corrected chi connectivity index (χ0v) is 12.8. The summed E-state index contributed by atoms with van der Waals surface area (Å²) in [6.07, 6.45) is 1.83. The Balaban J connectivity index is 1.60. The summed E-state index contributed by atoms with van der Waals surface area (Å²) in [6, 6.07) is 10.6. The van der Waals surface area contributed by atoms with Crippen LogP contribution in [0.4, 0.5) is 16.3 Å². The van der Waals surface area contributed by atoms with E-state index >= 15 is 0 Å². The quantitative estimate of drug-likeness (QED) is 0.888. The predicted octanol–water partition coefficient (Wildman–Crippen LogP) is 2.62. The Labute approximate surface area is 133 Å². The SMILES string of the molecule is Cc1cc(NC(=O)CN(C(=O)Nc2ccccc2)C2CC2)no1. The van der Waals surface area contributed by atoms with Crippen LogP contribution in [0.5, 0.6) is 0 Å². The van der Waals surface area contributed by atoms with Crippen LogP contribution in [-0.4, -0.2) is 34.6 Å². The molecule has 0 saturated heterocycles. The molecule has 120 valence electrons. The van der Waals surface area contributed by atoms with E-state index in [4.69, 9.17) is 4.52 Å². The van der Waals surface area contributed by atoms with Crippen molar-refractivity contribution >= 4 is 23.4 Å². The monoisotopic (exact) mass is 314 g/mol. The van der Waals surface area contributed by atoms with Gasteiger partial charge in [-0.05, 0) is 31.9 Å². The van der Waals surface area contributed by atoms with Crippen LogP contribution in [0, 0.1) is 6.92 Å². The van der Waals surface area contributed by atoms with Crippen LogP contribution in [-0.2, 0) is 4.79 Å². The van der Waals surface area contributed by atoms with Crippen LogP contribution in [0.25, 0.3) is 0 Å². The van der Waals surface area contributed by atoms with Crippen LogP contribution in [0.1, 0.15) is 18.6 Å². The van der Waals surface area contributed by atoms with E-state index in [1.165, 1.54) is 0 Å². The van der Waals surface area contributed by atoms with E-state index < -0.39 is 0 Å². The Morgan fingerprint density at radius 3 is 2.61 bits per heavy atom. The third kappa shape index (κ3) is 4.09. The van der Waals surface area contributed by atoms with Crippen LogP contribution in [0.2, 0.25) is 0 Å². The van der Waals surface area contributed by atoms with E-state index in [1.807, 2.05) is 18.2 Å². The van der Waals surface area contributed by atoms with Crippen molar-refractivity contribution in [1.82, 2.24) is 10.1 Å². The lowest BCUT2D eigenvalue weighted by Crippen LogP contribution is -2.42. The minimum atomic E-state index is -0.298. The third-order valence-corrected chi connectivity index (χ3v) is 3.48. The normalized spacial score (nSPS) is 13.4. The van der Waals surface area contributed by atoms with Gasteiger partial charge < -0.3 is 20.1 Å². The first kappa shape index (κ1) is 15.1. The van der Waals surface area contributed by atoms with E-state index in [-0.39, 0.29) is 24.5 Å². The summed E-state index contributed by atoms with van der Waals surface area (Å²) in [5.41, 5.74) is 0.704. The summed E-state index contributed by atoms with van der Waals surface area (Å²) >= 11 is 0. The van der Waals surface area contributed by atoms with E-state index in [9.17, 15) is 9.59 Å². The summed E-state index contributed by atoms with van der Waals surface area (Å²) in [5, 5.41) is 9.15. The topological polar surface area (TPSA) is 87.5 Å². The molecule has 23 heavy (non-hydrogen) atoms. The number of benzene rings is 1. The average Bonchev–Trinajstić information content (AvgIpc) is 3.29. The summed E-state index contributed by atoms with van der Waals surface area (Å²) in [5.74, 6) is 0.668. The number of carbonyl (C=O) groups excluding carboxylic acids is 2. The maximum Gasteiger partial charge on any atom is 0.322 e. The van der Waals surface area contributed by atoms with Gasteiger partial charge in [0, 0.05) is 17.8 Å². The van der Waals surface area contributed by atoms with Gasteiger partial charge in [0.25, 0.3) is 0 Å². The molecular weight excluding hydrogens is 296 g/mol. The van der Waals surface area contributed by atoms with Gasteiger partial charge in [0.2, 0.25) is 5.91 Å². The summed E-state index contributed by atoms with van der Waals surface area (Å²) in [7, 11) is 0. The molecule has 1 aromatic carbocycles. The van der Waals surface area contributed by atoms with Gasteiger partial charge in [-0.25, -0.2) is 4.79 Å². The van der Waals surface area contributed by atoms with Gasteiger partial charge in [0.1, 0.15) is 12.3 Å². The lowest BCUT2D eigenvalue weighted by Gasteiger charge is -2.22. The molecule has 3 amide bonds. The lowest BCUT2D eigenvalue weighted by molar-refractivity contribution is -0.116. The van der Waals surface area contributed by atoms with Crippen LogP contribution >= 0.6 is 0 Å². The highest BCUT2D eigenvalue weighted by atomic mass is 16.5. The van der Waals surface area contributed by atoms with Gasteiger partial charge in [-0.1, -0.05) is 23.4 Å². The summed E-state index contributed by atoms with van der Waals surface area (Å²) in [4.78, 5) is 26.0. The van der Waals surface area contributed by atoms with Crippen molar-refractivity contribution in [1.29, 1.82) is 0 Å². The van der Waals surface area contributed by atoms with Crippen LogP contribution < -0.4 is 10.6 Å². The van der Waals surface area contributed by atoms with Gasteiger partial charge in [0.05, 0.1) is 0 Å². The third-order valence-electron chi connectivity index (χ3n) is 3.48. The number of aromatic nitrogens is 1. The fraction of sp³-hybridized carbons (Fsp3) is 0.312. The fourth-order valence-electron chi connectivity index (χ4n) is 2.23. The molecule has 2 N–H and O–H groups in total. The van der Waals surface area contributed by atoms with Crippen molar-refractivity contribution in [3.63, 3.8) is 0 Å². The number of anilines is 2. The molecule has 0 bridgehead atoms. The number of urea groups is 1. The van der Waals surface area contributed by atoms with Crippen molar-refractivity contribution in [2.45, 2.75) is 25.8 Å². The number of para-hydroxylation sites is 1. The molecule has 2 aromatic rings. The van der Waals surface area contributed by atoms with E-state index in [2.05, 4.69) is 15.8 Å². The molecule has 1 aliphatic carbocycles. The van der Waals surface area contributed by atoms with E-state index in [0.29, 0.717) is 17.3 Å². The summed E-state index contributed by atoms with van der Waals surface area (Å²) < 4.78 is 4.90. The molecule has 0 atom stereocenters. The average molecular weight is 314 g/mol. The minimum absolute atomic E-state index is 0.0186. The van der Waals surface area contributed by atoms with Gasteiger partial charge in [-0.15, -0.1) is 0 Å². The maximum absolute atomic E-state index is 12.4. The van der Waals surface area contributed by atoms with Crippen LogP contribution in [0.15, 0.2) is 40.9 Å². The molecule has 1 aromatic heterocycles. The molecule has 1 fully saturated rings. The van der Waals surface area contributed by atoms with Gasteiger partial charge in [0.15, 0.2) is 5.82 Å². The number of amides is 3. The van der Waals surface area contributed by atoms with Crippen molar-refractivity contribution in [3.8, 4) is 0 Å². The molecule has 1 heterocycles. The summed E-state index contributed by atoms with van der Waals surface area (Å²) in [6.45, 7) is 1.72. The van der Waals surface area contributed by atoms with Crippen molar-refractivity contribution in [3.05, 3.63) is 42.2 Å². The second kappa shape index (κ2) is 6.51. The Bertz CT molecular complexity index is 694. The molecule has 0 unspecified atom stereocenters. The van der Waals surface area contributed by atoms with Crippen molar-refractivity contribution < 1.29 is 14.1 Å². The van der Waals surface area contributed by atoms with Crippen molar-refractivity contribution in [2.24, 2.45) is 0 Å².